The van der Waals surface area contributed by atoms with Crippen LogP contribution >= 0.6 is 12.2 Å². The molecular formula is C20H21N3OS. The van der Waals surface area contributed by atoms with Crippen LogP contribution in [0, 0.1) is 0 Å². The predicted molar refractivity (Wildman–Crippen MR) is 108 cm³/mol. The summed E-state index contributed by atoms with van der Waals surface area (Å²) in [6, 6.07) is 17.8. The smallest absolute Gasteiger partial charge is 0.250 e. The van der Waals surface area contributed by atoms with Crippen molar-refractivity contribution in [3.8, 4) is 0 Å². The van der Waals surface area contributed by atoms with Crippen molar-refractivity contribution in [2.75, 3.05) is 23.3 Å². The Morgan fingerprint density at radius 2 is 1.80 bits per heavy atom. The quantitative estimate of drug-likeness (QED) is 0.649. The van der Waals surface area contributed by atoms with Gasteiger partial charge >= 0.3 is 0 Å². The molecule has 1 amide bonds. The number of benzene rings is 2. The lowest BCUT2D eigenvalue weighted by atomic mass is 10.2. The summed E-state index contributed by atoms with van der Waals surface area (Å²) in [4.78, 5) is 14.3. The van der Waals surface area contributed by atoms with Crippen molar-refractivity contribution in [1.82, 2.24) is 5.32 Å². The highest BCUT2D eigenvalue weighted by Crippen LogP contribution is 2.23. The number of rotatable bonds is 4. The minimum Gasteiger partial charge on any atom is -0.371 e. The van der Waals surface area contributed by atoms with Gasteiger partial charge in [-0.05, 0) is 54.9 Å². The monoisotopic (exact) mass is 351 g/mol. The molecule has 0 saturated carbocycles. The van der Waals surface area contributed by atoms with Crippen molar-refractivity contribution < 1.29 is 4.79 Å². The Kier molecular flexibility index (Phi) is 5.80. The van der Waals surface area contributed by atoms with Crippen LogP contribution in [-0.4, -0.2) is 24.1 Å². The van der Waals surface area contributed by atoms with Crippen molar-refractivity contribution in [2.45, 2.75) is 12.8 Å². The molecule has 1 saturated heterocycles. The van der Waals surface area contributed by atoms with Gasteiger partial charge in [0, 0.05) is 30.5 Å². The van der Waals surface area contributed by atoms with Gasteiger partial charge in [-0.3, -0.25) is 10.1 Å². The van der Waals surface area contributed by atoms with Gasteiger partial charge in [-0.15, -0.1) is 0 Å². The summed E-state index contributed by atoms with van der Waals surface area (Å²) in [5.74, 6) is -0.253. The van der Waals surface area contributed by atoms with Crippen LogP contribution in [0.25, 0.3) is 6.08 Å². The van der Waals surface area contributed by atoms with E-state index in [0.29, 0.717) is 5.11 Å². The highest BCUT2D eigenvalue weighted by molar-refractivity contribution is 7.80. The maximum absolute atomic E-state index is 12.0. The lowest BCUT2D eigenvalue weighted by Gasteiger charge is -2.18. The molecule has 25 heavy (non-hydrogen) atoms. The third kappa shape index (κ3) is 5.16. The number of amides is 1. The molecule has 0 unspecified atom stereocenters. The van der Waals surface area contributed by atoms with Crippen LogP contribution in [0.5, 0.6) is 0 Å². The fraction of sp³-hybridized carbons (Fsp3) is 0.200. The average Bonchev–Trinajstić information content (AvgIpc) is 3.16. The third-order valence-corrected chi connectivity index (χ3v) is 4.24. The third-order valence-electron chi connectivity index (χ3n) is 4.04. The van der Waals surface area contributed by atoms with Crippen LogP contribution in [0.4, 0.5) is 11.4 Å². The molecule has 0 aromatic heterocycles. The van der Waals surface area contributed by atoms with Crippen LogP contribution in [-0.2, 0) is 4.79 Å². The zero-order valence-corrected chi connectivity index (χ0v) is 14.8. The van der Waals surface area contributed by atoms with E-state index < -0.39 is 0 Å². The van der Waals surface area contributed by atoms with E-state index in [1.165, 1.54) is 24.6 Å². The van der Waals surface area contributed by atoms with Gasteiger partial charge in [0.15, 0.2) is 5.11 Å². The standard InChI is InChI=1S/C20H21N3OS/c24-19(12-11-16-7-2-1-3-8-16)22-20(25)21-17-9-6-10-18(15-17)23-13-4-5-14-23/h1-3,6-12,15H,4-5,13-14H2,(H2,21,22,24,25)/b12-11+. The van der Waals surface area contributed by atoms with E-state index >= 15 is 0 Å². The van der Waals surface area contributed by atoms with Crippen LogP contribution < -0.4 is 15.5 Å². The summed E-state index contributed by atoms with van der Waals surface area (Å²) < 4.78 is 0. The van der Waals surface area contributed by atoms with Crippen LogP contribution in [0.15, 0.2) is 60.7 Å². The number of hydrogen-bond acceptors (Lipinski definition) is 3. The molecule has 128 valence electrons. The number of carbonyl (C=O) groups is 1. The Hall–Kier alpha value is -2.66. The molecular weight excluding hydrogens is 330 g/mol. The first-order valence-electron chi connectivity index (χ1n) is 8.41. The first-order valence-corrected chi connectivity index (χ1v) is 8.82. The van der Waals surface area contributed by atoms with E-state index in [1.54, 1.807) is 6.08 Å². The molecule has 0 radical (unpaired) electrons. The molecule has 2 N–H and O–H groups in total. The SMILES string of the molecule is O=C(/C=C/c1ccccc1)NC(=S)Nc1cccc(N2CCCC2)c1. The summed E-state index contributed by atoms with van der Waals surface area (Å²) in [6.45, 7) is 2.18. The van der Waals surface area contributed by atoms with Gasteiger partial charge in [-0.2, -0.15) is 0 Å². The number of thiocarbonyl (C=S) groups is 1. The summed E-state index contributed by atoms with van der Waals surface area (Å²) >= 11 is 5.23. The summed E-state index contributed by atoms with van der Waals surface area (Å²) in [5, 5.41) is 6.04. The Morgan fingerprint density at radius 3 is 2.56 bits per heavy atom. The molecule has 5 heteroatoms. The Labute approximate surface area is 153 Å². The van der Waals surface area contributed by atoms with Crippen molar-refractivity contribution in [3.05, 3.63) is 66.2 Å². The van der Waals surface area contributed by atoms with E-state index in [9.17, 15) is 4.79 Å². The zero-order chi connectivity index (χ0) is 17.5. The molecule has 1 fully saturated rings. The molecule has 0 aliphatic carbocycles. The minimum atomic E-state index is -0.253. The fourth-order valence-corrected chi connectivity index (χ4v) is 3.03. The minimum absolute atomic E-state index is 0.253. The highest BCUT2D eigenvalue weighted by atomic mass is 32.1. The highest BCUT2D eigenvalue weighted by Gasteiger charge is 2.12. The summed E-state index contributed by atoms with van der Waals surface area (Å²) in [5.41, 5.74) is 3.03. The van der Waals surface area contributed by atoms with Gasteiger partial charge in [0.25, 0.3) is 0 Å². The zero-order valence-electron chi connectivity index (χ0n) is 13.9. The Morgan fingerprint density at radius 1 is 1.04 bits per heavy atom. The van der Waals surface area contributed by atoms with Crippen molar-refractivity contribution in [2.24, 2.45) is 0 Å². The molecule has 0 atom stereocenters. The molecule has 3 rings (SSSR count). The Bertz CT molecular complexity index is 768. The first kappa shape index (κ1) is 17.2. The lowest BCUT2D eigenvalue weighted by Crippen LogP contribution is -2.32. The van der Waals surface area contributed by atoms with Gasteiger partial charge < -0.3 is 10.2 Å². The van der Waals surface area contributed by atoms with E-state index in [2.05, 4.69) is 27.7 Å². The maximum atomic E-state index is 12.0. The molecule has 1 aliphatic rings. The summed E-state index contributed by atoms with van der Waals surface area (Å²) in [6.07, 6.45) is 5.70. The lowest BCUT2D eigenvalue weighted by molar-refractivity contribution is -0.115. The van der Waals surface area contributed by atoms with Gasteiger partial charge in [-0.25, -0.2) is 0 Å². The molecule has 0 spiro atoms. The molecule has 1 aliphatic heterocycles. The number of nitrogens with zero attached hydrogens (tertiary/aromatic N) is 1. The van der Waals surface area contributed by atoms with Crippen molar-refractivity contribution >= 4 is 40.7 Å². The molecule has 2 aromatic carbocycles. The van der Waals surface area contributed by atoms with Gasteiger partial charge in [0.05, 0.1) is 0 Å². The second kappa shape index (κ2) is 8.44. The topological polar surface area (TPSA) is 44.4 Å². The van der Waals surface area contributed by atoms with Gasteiger partial charge in [0.2, 0.25) is 5.91 Å². The van der Waals surface area contributed by atoms with Crippen LogP contribution in [0.1, 0.15) is 18.4 Å². The van der Waals surface area contributed by atoms with Crippen molar-refractivity contribution in [3.63, 3.8) is 0 Å². The van der Waals surface area contributed by atoms with Gasteiger partial charge in [0.1, 0.15) is 0 Å². The number of anilines is 2. The van der Waals surface area contributed by atoms with Crippen LogP contribution in [0.3, 0.4) is 0 Å². The normalized spacial score (nSPS) is 13.8. The largest absolute Gasteiger partial charge is 0.371 e. The van der Waals surface area contributed by atoms with Crippen LogP contribution in [0.2, 0.25) is 0 Å². The predicted octanol–water partition coefficient (Wildman–Crippen LogP) is 3.81. The maximum Gasteiger partial charge on any atom is 0.250 e. The fourth-order valence-electron chi connectivity index (χ4n) is 2.81. The molecule has 4 nitrogen and oxygen atoms in total. The second-order valence-electron chi connectivity index (χ2n) is 5.93. The average molecular weight is 351 g/mol. The molecule has 1 heterocycles. The number of nitrogens with one attached hydrogen (secondary N) is 2. The number of carbonyl (C=O) groups excluding carboxylic acids is 1. The molecule has 2 aromatic rings. The number of hydrogen-bond donors (Lipinski definition) is 2. The van der Waals surface area contributed by atoms with E-state index in [0.717, 1.165) is 24.3 Å². The van der Waals surface area contributed by atoms with E-state index in [1.807, 2.05) is 42.5 Å². The second-order valence-corrected chi connectivity index (χ2v) is 6.34. The Balaban J connectivity index is 1.54. The van der Waals surface area contributed by atoms with E-state index in [-0.39, 0.29) is 5.91 Å². The first-order chi connectivity index (χ1) is 12.2. The summed E-state index contributed by atoms with van der Waals surface area (Å²) in [7, 11) is 0. The molecule has 0 bridgehead atoms. The van der Waals surface area contributed by atoms with E-state index in [4.69, 9.17) is 12.2 Å². The van der Waals surface area contributed by atoms with Gasteiger partial charge in [-0.1, -0.05) is 36.4 Å². The van der Waals surface area contributed by atoms with Crippen molar-refractivity contribution in [1.29, 1.82) is 0 Å².